The summed E-state index contributed by atoms with van der Waals surface area (Å²) in [7, 11) is -0.367. The van der Waals surface area contributed by atoms with E-state index in [-0.39, 0.29) is 18.3 Å². The Bertz CT molecular complexity index is 632. The van der Waals surface area contributed by atoms with E-state index in [0.29, 0.717) is 6.04 Å². The van der Waals surface area contributed by atoms with Crippen LogP contribution in [-0.4, -0.2) is 44.2 Å². The highest BCUT2D eigenvalue weighted by Gasteiger charge is 2.51. The number of hydrogen-bond acceptors (Lipinski definition) is 5. The number of nitrogens with one attached hydrogen (secondary N) is 2. The first-order chi connectivity index (χ1) is 11.7. The van der Waals surface area contributed by atoms with Crippen LogP contribution in [0.5, 0.6) is 0 Å². The summed E-state index contributed by atoms with van der Waals surface area (Å²) in [4.78, 5) is 4.14. The van der Waals surface area contributed by atoms with Crippen molar-refractivity contribution in [3.05, 3.63) is 18.2 Å². The van der Waals surface area contributed by atoms with Crippen molar-refractivity contribution in [3.8, 4) is 0 Å². The molecule has 6 heteroatoms. The minimum absolute atomic E-state index is 0.343. The number of nitrogens with zero attached hydrogens (tertiary/aromatic N) is 1. The Morgan fingerprint density at radius 1 is 1.28 bits per heavy atom. The highest BCUT2D eigenvalue weighted by molar-refractivity contribution is 6.62. The minimum Gasteiger partial charge on any atom is -0.399 e. The number of anilines is 1. The van der Waals surface area contributed by atoms with Crippen LogP contribution >= 0.6 is 0 Å². The average Bonchev–Trinajstić information content (AvgIpc) is 3.05. The van der Waals surface area contributed by atoms with Crippen LogP contribution in [0.2, 0.25) is 0 Å². The van der Waals surface area contributed by atoms with Crippen LogP contribution in [0, 0.1) is 5.92 Å². The zero-order valence-corrected chi connectivity index (χ0v) is 16.1. The lowest BCUT2D eigenvalue weighted by Gasteiger charge is -2.32. The van der Waals surface area contributed by atoms with Gasteiger partial charge in [0.15, 0.2) is 0 Å². The third-order valence-electron chi connectivity index (χ3n) is 5.70. The highest BCUT2D eigenvalue weighted by atomic mass is 16.7. The van der Waals surface area contributed by atoms with Gasteiger partial charge in [-0.3, -0.25) is 4.99 Å². The summed E-state index contributed by atoms with van der Waals surface area (Å²) in [5.74, 6) is 0.736. The molecule has 2 heterocycles. The molecule has 2 unspecified atom stereocenters. The molecule has 3 rings (SSSR count). The van der Waals surface area contributed by atoms with Gasteiger partial charge in [0.05, 0.1) is 22.6 Å². The first kappa shape index (κ1) is 18.4. The van der Waals surface area contributed by atoms with Crippen LogP contribution < -0.4 is 16.1 Å². The predicted octanol–water partition coefficient (Wildman–Crippen LogP) is 2.73. The van der Waals surface area contributed by atoms with Gasteiger partial charge in [0.1, 0.15) is 0 Å². The first-order valence-corrected chi connectivity index (χ1v) is 9.15. The summed E-state index contributed by atoms with van der Waals surface area (Å²) in [6.45, 7) is 16.2. The average molecular weight is 343 g/mol. The lowest BCUT2D eigenvalue weighted by molar-refractivity contribution is 0.00578. The van der Waals surface area contributed by atoms with Crippen LogP contribution in [0.4, 0.5) is 11.4 Å². The molecule has 2 saturated heterocycles. The molecule has 0 bridgehead atoms. The number of hydrogen-bond donors (Lipinski definition) is 2. The van der Waals surface area contributed by atoms with Gasteiger partial charge in [0, 0.05) is 12.6 Å². The summed E-state index contributed by atoms with van der Waals surface area (Å²) in [5, 5.41) is 7.07. The van der Waals surface area contributed by atoms with E-state index in [0.717, 1.165) is 35.8 Å². The second-order valence-electron chi connectivity index (χ2n) is 8.35. The normalized spacial score (nSPS) is 27.5. The molecular formula is C19H30BN3O2. The molecule has 2 N–H and O–H groups in total. The molecule has 136 valence electrons. The second kappa shape index (κ2) is 6.74. The van der Waals surface area contributed by atoms with E-state index in [1.54, 1.807) is 0 Å². The van der Waals surface area contributed by atoms with Crippen LogP contribution in [0.15, 0.2) is 23.2 Å². The standard InChI is InChI=1S/C19H30BN3O2/c1-13-9-15(22-11-13)12-23-17-10-14(7-8-16(17)21-6)20-24-18(2,3)19(4,5)25-20/h7-8,10,13,15,22-23H,6,9,11-12H2,1-5H3. The quantitative estimate of drug-likeness (QED) is 0.638. The summed E-state index contributed by atoms with van der Waals surface area (Å²) < 4.78 is 12.3. The maximum Gasteiger partial charge on any atom is 0.494 e. The van der Waals surface area contributed by atoms with Gasteiger partial charge in [-0.1, -0.05) is 13.0 Å². The first-order valence-electron chi connectivity index (χ1n) is 9.15. The molecule has 0 radical (unpaired) electrons. The van der Waals surface area contributed by atoms with Crippen molar-refractivity contribution in [3.63, 3.8) is 0 Å². The fourth-order valence-corrected chi connectivity index (χ4v) is 3.37. The number of benzene rings is 1. The summed E-state index contributed by atoms with van der Waals surface area (Å²) in [6.07, 6.45) is 1.20. The van der Waals surface area contributed by atoms with Gasteiger partial charge in [-0.15, -0.1) is 0 Å². The lowest BCUT2D eigenvalue weighted by Crippen LogP contribution is -2.41. The third-order valence-corrected chi connectivity index (χ3v) is 5.70. The zero-order chi connectivity index (χ0) is 18.2. The minimum atomic E-state index is -0.367. The lowest BCUT2D eigenvalue weighted by atomic mass is 9.78. The summed E-state index contributed by atoms with van der Waals surface area (Å²) in [6, 6.07) is 6.55. The Labute approximate surface area is 151 Å². The highest BCUT2D eigenvalue weighted by Crippen LogP contribution is 2.37. The molecule has 0 amide bonds. The molecule has 5 nitrogen and oxygen atoms in total. The summed E-state index contributed by atoms with van der Waals surface area (Å²) >= 11 is 0. The van der Waals surface area contributed by atoms with Crippen molar-refractivity contribution in [2.45, 2.75) is 58.3 Å². The van der Waals surface area contributed by atoms with Crippen molar-refractivity contribution in [1.29, 1.82) is 0 Å². The Kier molecular flexibility index (Phi) is 4.97. The molecule has 0 saturated carbocycles. The van der Waals surface area contributed by atoms with Crippen LogP contribution in [0.3, 0.4) is 0 Å². The van der Waals surface area contributed by atoms with E-state index in [9.17, 15) is 0 Å². The molecule has 0 aliphatic carbocycles. The maximum atomic E-state index is 6.16. The Morgan fingerprint density at radius 3 is 2.52 bits per heavy atom. The number of aliphatic imine (C=N–C) groups is 1. The van der Waals surface area contributed by atoms with Crippen LogP contribution in [0.1, 0.15) is 41.0 Å². The second-order valence-corrected chi connectivity index (χ2v) is 8.35. The molecule has 25 heavy (non-hydrogen) atoms. The van der Waals surface area contributed by atoms with Crippen LogP contribution in [-0.2, 0) is 9.31 Å². The topological polar surface area (TPSA) is 54.9 Å². The molecule has 1 aromatic rings. The SMILES string of the molecule is C=Nc1ccc(B2OC(C)(C)C(C)(C)O2)cc1NCC1CC(C)CN1. The molecule has 2 aliphatic rings. The smallest absolute Gasteiger partial charge is 0.399 e. The molecule has 2 atom stereocenters. The Balaban J connectivity index is 1.75. The molecule has 2 fully saturated rings. The fourth-order valence-electron chi connectivity index (χ4n) is 3.37. The van der Waals surface area contributed by atoms with Crippen molar-refractivity contribution in [1.82, 2.24) is 5.32 Å². The van der Waals surface area contributed by atoms with Gasteiger partial charge >= 0.3 is 7.12 Å². The van der Waals surface area contributed by atoms with E-state index in [2.05, 4.69) is 63.0 Å². The van der Waals surface area contributed by atoms with E-state index >= 15 is 0 Å². The van der Waals surface area contributed by atoms with Gasteiger partial charge in [-0.25, -0.2) is 0 Å². The molecule has 2 aliphatic heterocycles. The van der Waals surface area contributed by atoms with Gasteiger partial charge in [-0.2, -0.15) is 0 Å². The van der Waals surface area contributed by atoms with Gasteiger partial charge in [0.25, 0.3) is 0 Å². The molecule has 0 spiro atoms. The molecule has 1 aromatic carbocycles. The van der Waals surface area contributed by atoms with Crippen molar-refractivity contribution >= 4 is 30.7 Å². The van der Waals surface area contributed by atoms with Crippen molar-refractivity contribution < 1.29 is 9.31 Å². The van der Waals surface area contributed by atoms with Gasteiger partial charge in [-0.05, 0) is 70.9 Å². The van der Waals surface area contributed by atoms with Crippen molar-refractivity contribution in [2.24, 2.45) is 10.9 Å². The predicted molar refractivity (Wildman–Crippen MR) is 105 cm³/mol. The molecular weight excluding hydrogens is 313 g/mol. The van der Waals surface area contributed by atoms with E-state index in [4.69, 9.17) is 9.31 Å². The van der Waals surface area contributed by atoms with E-state index < -0.39 is 0 Å². The van der Waals surface area contributed by atoms with Crippen molar-refractivity contribution in [2.75, 3.05) is 18.4 Å². The van der Waals surface area contributed by atoms with E-state index in [1.807, 2.05) is 12.1 Å². The van der Waals surface area contributed by atoms with Gasteiger partial charge < -0.3 is 19.9 Å². The van der Waals surface area contributed by atoms with Crippen LogP contribution in [0.25, 0.3) is 0 Å². The Hall–Kier alpha value is -1.37. The largest absolute Gasteiger partial charge is 0.494 e. The Morgan fingerprint density at radius 2 is 1.96 bits per heavy atom. The summed E-state index contributed by atoms with van der Waals surface area (Å²) in [5.41, 5.74) is 2.14. The van der Waals surface area contributed by atoms with Gasteiger partial charge in [0.2, 0.25) is 0 Å². The number of rotatable bonds is 5. The monoisotopic (exact) mass is 343 g/mol. The maximum absolute atomic E-state index is 6.16. The molecule has 0 aromatic heterocycles. The fraction of sp³-hybridized carbons (Fsp3) is 0.632. The van der Waals surface area contributed by atoms with E-state index in [1.165, 1.54) is 6.42 Å². The zero-order valence-electron chi connectivity index (χ0n) is 16.1. The third kappa shape index (κ3) is 3.76.